The lowest BCUT2D eigenvalue weighted by molar-refractivity contribution is 0.145. The summed E-state index contributed by atoms with van der Waals surface area (Å²) < 4.78 is 5.99. The smallest absolute Gasteiger partial charge is 0.123 e. The number of hydrogen-bond acceptors (Lipinski definition) is 3. The highest BCUT2D eigenvalue weighted by molar-refractivity contribution is 5.33. The third kappa shape index (κ3) is 5.01. The summed E-state index contributed by atoms with van der Waals surface area (Å²) in [5.74, 6) is 1.93. The molecular weight excluding hydrogens is 260 g/mol. The van der Waals surface area contributed by atoms with Crippen LogP contribution >= 0.6 is 0 Å². The number of hydrogen-bond donors (Lipinski definition) is 1. The second kappa shape index (κ2) is 8.40. The Bertz CT molecular complexity index is 413. The summed E-state index contributed by atoms with van der Waals surface area (Å²) in [6, 6.07) is 9.04. The minimum Gasteiger partial charge on any atom is -0.492 e. The molecule has 1 fully saturated rings. The van der Waals surface area contributed by atoms with E-state index in [9.17, 15) is 0 Å². The molecule has 118 valence electrons. The van der Waals surface area contributed by atoms with Gasteiger partial charge in [-0.3, -0.25) is 0 Å². The fraction of sp³-hybridized carbons (Fsp3) is 0.667. The van der Waals surface area contributed by atoms with Gasteiger partial charge in [-0.2, -0.15) is 0 Å². The minimum absolute atomic E-state index is 0.748. The molecule has 0 aromatic heterocycles. The summed E-state index contributed by atoms with van der Waals surface area (Å²) >= 11 is 0. The molecule has 2 rings (SSSR count). The van der Waals surface area contributed by atoms with Gasteiger partial charge in [-0.1, -0.05) is 25.1 Å². The average molecular weight is 290 g/mol. The molecule has 3 heteroatoms. The highest BCUT2D eigenvalue weighted by atomic mass is 16.5. The van der Waals surface area contributed by atoms with Crippen LogP contribution in [0.2, 0.25) is 0 Å². The number of para-hydroxylation sites is 1. The van der Waals surface area contributed by atoms with Crippen molar-refractivity contribution >= 4 is 0 Å². The van der Waals surface area contributed by atoms with Crippen LogP contribution in [0.5, 0.6) is 5.75 Å². The third-order valence-corrected chi connectivity index (χ3v) is 4.65. The number of ether oxygens (including phenoxy) is 1. The Kier molecular flexibility index (Phi) is 6.52. The van der Waals surface area contributed by atoms with Crippen LogP contribution in [0.1, 0.15) is 38.2 Å². The molecule has 1 N–H and O–H groups in total. The Labute approximate surface area is 129 Å². The highest BCUT2D eigenvalue weighted by Crippen LogP contribution is 2.26. The van der Waals surface area contributed by atoms with E-state index in [2.05, 4.69) is 42.4 Å². The van der Waals surface area contributed by atoms with Crippen molar-refractivity contribution in [2.24, 2.45) is 5.92 Å². The van der Waals surface area contributed by atoms with Crippen molar-refractivity contribution in [1.29, 1.82) is 0 Å². The summed E-state index contributed by atoms with van der Waals surface area (Å²) in [6.07, 6.45) is 5.43. The Balaban J connectivity index is 1.76. The number of nitrogens with one attached hydrogen (secondary N) is 1. The zero-order valence-corrected chi connectivity index (χ0v) is 13.8. The number of nitrogens with zero attached hydrogens (tertiary/aromatic N) is 1. The van der Waals surface area contributed by atoms with Gasteiger partial charge in [-0.05, 0) is 51.8 Å². The summed E-state index contributed by atoms with van der Waals surface area (Å²) in [5, 5.41) is 3.19. The molecule has 0 saturated heterocycles. The zero-order valence-electron chi connectivity index (χ0n) is 13.8. The topological polar surface area (TPSA) is 24.5 Å². The van der Waals surface area contributed by atoms with Gasteiger partial charge >= 0.3 is 0 Å². The van der Waals surface area contributed by atoms with E-state index in [4.69, 9.17) is 4.74 Å². The molecule has 0 amide bonds. The molecule has 1 aliphatic carbocycles. The second-order valence-electron chi connectivity index (χ2n) is 6.38. The van der Waals surface area contributed by atoms with E-state index in [0.717, 1.165) is 37.4 Å². The number of benzene rings is 1. The first-order valence-corrected chi connectivity index (χ1v) is 8.26. The zero-order chi connectivity index (χ0) is 15.1. The summed E-state index contributed by atoms with van der Waals surface area (Å²) in [4.78, 5) is 2.48. The fourth-order valence-electron chi connectivity index (χ4n) is 3.15. The van der Waals surface area contributed by atoms with Crippen LogP contribution in [-0.4, -0.2) is 38.2 Å². The predicted octanol–water partition coefficient (Wildman–Crippen LogP) is 3.30. The molecule has 21 heavy (non-hydrogen) atoms. The molecule has 0 aliphatic heterocycles. The van der Waals surface area contributed by atoms with Gasteiger partial charge in [0.15, 0.2) is 0 Å². The molecule has 0 bridgehead atoms. The van der Waals surface area contributed by atoms with Crippen LogP contribution in [-0.2, 0) is 6.54 Å². The Morgan fingerprint density at radius 3 is 2.62 bits per heavy atom. The van der Waals surface area contributed by atoms with Gasteiger partial charge in [0.2, 0.25) is 0 Å². The summed E-state index contributed by atoms with van der Waals surface area (Å²) in [5.41, 5.74) is 1.23. The Morgan fingerprint density at radius 2 is 1.90 bits per heavy atom. The molecule has 3 nitrogen and oxygen atoms in total. The average Bonchev–Trinajstić information content (AvgIpc) is 2.50. The third-order valence-electron chi connectivity index (χ3n) is 4.65. The van der Waals surface area contributed by atoms with Gasteiger partial charge in [0.25, 0.3) is 0 Å². The van der Waals surface area contributed by atoms with Crippen LogP contribution in [0.4, 0.5) is 0 Å². The van der Waals surface area contributed by atoms with Gasteiger partial charge < -0.3 is 15.0 Å². The first kappa shape index (κ1) is 16.3. The largest absolute Gasteiger partial charge is 0.492 e. The predicted molar refractivity (Wildman–Crippen MR) is 88.8 cm³/mol. The molecule has 0 heterocycles. The maximum atomic E-state index is 5.99. The normalized spacial score (nSPS) is 22.5. The minimum atomic E-state index is 0.748. The number of rotatable bonds is 7. The van der Waals surface area contributed by atoms with E-state index in [1.54, 1.807) is 0 Å². The highest BCUT2D eigenvalue weighted by Gasteiger charge is 2.21. The molecule has 0 atom stereocenters. The molecule has 1 aromatic carbocycles. The summed E-state index contributed by atoms with van der Waals surface area (Å²) in [7, 11) is 4.21. The van der Waals surface area contributed by atoms with Crippen LogP contribution in [0, 0.1) is 5.92 Å². The molecule has 0 unspecified atom stereocenters. The SMILES string of the molecule is CNCc1ccccc1OCCN(C)C1CCC(C)CC1. The fourth-order valence-corrected chi connectivity index (χ4v) is 3.15. The quantitative estimate of drug-likeness (QED) is 0.834. The maximum absolute atomic E-state index is 5.99. The van der Waals surface area contributed by atoms with Crippen LogP contribution < -0.4 is 10.1 Å². The van der Waals surface area contributed by atoms with Crippen LogP contribution in [0.15, 0.2) is 24.3 Å². The standard InChI is InChI=1S/C18H30N2O/c1-15-8-10-17(11-9-15)20(3)12-13-21-18-7-5-4-6-16(18)14-19-2/h4-7,15,17,19H,8-14H2,1-3H3. The molecule has 1 saturated carbocycles. The van der Waals surface area contributed by atoms with Gasteiger partial charge in [-0.15, -0.1) is 0 Å². The van der Waals surface area contributed by atoms with Crippen LogP contribution in [0.25, 0.3) is 0 Å². The molecular formula is C18H30N2O. The lowest BCUT2D eigenvalue weighted by Crippen LogP contribution is -2.37. The molecule has 1 aliphatic rings. The number of likely N-dealkylation sites (N-methyl/N-ethyl adjacent to an activating group) is 1. The molecule has 0 spiro atoms. The first-order valence-electron chi connectivity index (χ1n) is 8.26. The molecule has 0 radical (unpaired) electrons. The van der Waals surface area contributed by atoms with E-state index in [1.807, 2.05) is 13.1 Å². The van der Waals surface area contributed by atoms with Gasteiger partial charge in [0.05, 0.1) is 0 Å². The van der Waals surface area contributed by atoms with Gasteiger partial charge in [0, 0.05) is 24.7 Å². The lowest BCUT2D eigenvalue weighted by Gasteiger charge is -2.33. The van der Waals surface area contributed by atoms with Crippen LogP contribution in [0.3, 0.4) is 0 Å². The monoisotopic (exact) mass is 290 g/mol. The Morgan fingerprint density at radius 1 is 1.19 bits per heavy atom. The van der Waals surface area contributed by atoms with Crippen molar-refractivity contribution in [3.63, 3.8) is 0 Å². The van der Waals surface area contributed by atoms with Crippen molar-refractivity contribution < 1.29 is 4.74 Å². The molecule has 1 aromatic rings. The van der Waals surface area contributed by atoms with Gasteiger partial charge in [-0.25, -0.2) is 0 Å². The van der Waals surface area contributed by atoms with Crippen molar-refractivity contribution in [3.05, 3.63) is 29.8 Å². The second-order valence-corrected chi connectivity index (χ2v) is 6.38. The van der Waals surface area contributed by atoms with Crippen molar-refractivity contribution in [3.8, 4) is 5.75 Å². The van der Waals surface area contributed by atoms with Crippen molar-refractivity contribution in [2.45, 2.75) is 45.2 Å². The van der Waals surface area contributed by atoms with Crippen molar-refractivity contribution in [1.82, 2.24) is 10.2 Å². The van der Waals surface area contributed by atoms with E-state index in [1.165, 1.54) is 31.2 Å². The van der Waals surface area contributed by atoms with E-state index < -0.39 is 0 Å². The van der Waals surface area contributed by atoms with E-state index in [-0.39, 0.29) is 0 Å². The maximum Gasteiger partial charge on any atom is 0.123 e. The van der Waals surface area contributed by atoms with Gasteiger partial charge in [0.1, 0.15) is 12.4 Å². The Hall–Kier alpha value is -1.06. The van der Waals surface area contributed by atoms with E-state index in [0.29, 0.717) is 0 Å². The van der Waals surface area contributed by atoms with Crippen molar-refractivity contribution in [2.75, 3.05) is 27.2 Å². The first-order chi connectivity index (χ1) is 10.2. The van der Waals surface area contributed by atoms with E-state index >= 15 is 0 Å². The summed E-state index contributed by atoms with van der Waals surface area (Å²) in [6.45, 7) is 5.00. The lowest BCUT2D eigenvalue weighted by atomic mass is 9.87.